The van der Waals surface area contributed by atoms with Gasteiger partial charge in [-0.3, -0.25) is 4.98 Å². The van der Waals surface area contributed by atoms with Gasteiger partial charge in [-0.05, 0) is 38.1 Å². The Balaban J connectivity index is 2.21. The van der Waals surface area contributed by atoms with Gasteiger partial charge in [0.2, 0.25) is 0 Å². The van der Waals surface area contributed by atoms with Crippen LogP contribution in [0.15, 0.2) is 48.7 Å². The Morgan fingerprint density at radius 1 is 1.00 bits per heavy atom. The first-order valence-corrected chi connectivity index (χ1v) is 7.24. The topological polar surface area (TPSA) is 44.2 Å². The van der Waals surface area contributed by atoms with E-state index in [1.807, 2.05) is 56.3 Å². The van der Waals surface area contributed by atoms with Crippen LogP contribution in [0.1, 0.15) is 13.8 Å². The summed E-state index contributed by atoms with van der Waals surface area (Å²) in [5.41, 5.74) is 2.44. The molecule has 0 saturated heterocycles. The van der Waals surface area contributed by atoms with Crippen molar-refractivity contribution in [3.05, 3.63) is 48.7 Å². The highest BCUT2D eigenvalue weighted by atomic mass is 16.5. The Morgan fingerprint density at radius 3 is 2.55 bits per heavy atom. The Bertz CT molecular complexity index is 786. The quantitative estimate of drug-likeness (QED) is 0.727. The van der Waals surface area contributed by atoms with E-state index >= 15 is 0 Å². The maximum absolute atomic E-state index is 5.95. The van der Waals surface area contributed by atoms with Gasteiger partial charge in [-0.25, -0.2) is 4.98 Å². The predicted octanol–water partition coefficient (Wildman–Crippen LogP) is 4.09. The molecular formula is C18H18N2O2. The molecule has 2 heterocycles. The number of hydrogen-bond donors (Lipinski definition) is 0. The molecule has 3 aromatic rings. The Kier molecular flexibility index (Phi) is 3.92. The van der Waals surface area contributed by atoms with Crippen LogP contribution in [0.4, 0.5) is 0 Å². The van der Waals surface area contributed by atoms with E-state index in [9.17, 15) is 0 Å². The maximum Gasteiger partial charge on any atom is 0.131 e. The number of hydrogen-bond acceptors (Lipinski definition) is 4. The lowest BCUT2D eigenvalue weighted by atomic mass is 10.1. The smallest absolute Gasteiger partial charge is 0.131 e. The number of methoxy groups -OCH3 is 1. The number of benzene rings is 1. The lowest BCUT2D eigenvalue weighted by molar-refractivity contribution is 0.245. The van der Waals surface area contributed by atoms with Crippen LogP contribution in [-0.2, 0) is 0 Å². The number of ether oxygens (including phenoxy) is 2. The van der Waals surface area contributed by atoms with E-state index in [0.29, 0.717) is 0 Å². The van der Waals surface area contributed by atoms with Gasteiger partial charge < -0.3 is 9.47 Å². The largest absolute Gasteiger partial charge is 0.497 e. The van der Waals surface area contributed by atoms with Crippen molar-refractivity contribution < 1.29 is 9.47 Å². The third-order valence-electron chi connectivity index (χ3n) is 3.27. The summed E-state index contributed by atoms with van der Waals surface area (Å²) in [6, 6.07) is 13.5. The molecule has 2 aromatic heterocycles. The van der Waals surface area contributed by atoms with Crippen molar-refractivity contribution in [2.45, 2.75) is 20.0 Å². The highest BCUT2D eigenvalue weighted by Crippen LogP contribution is 2.32. The first-order valence-electron chi connectivity index (χ1n) is 7.24. The summed E-state index contributed by atoms with van der Waals surface area (Å²) in [6.07, 6.45) is 1.85. The highest BCUT2D eigenvalue weighted by Gasteiger charge is 2.11. The standard InChI is InChI=1S/C18H18N2O2/c1-12(2)22-18-11-17(15-6-4-5-9-19-15)20-16-10-13(21-3)7-8-14(16)18/h4-12H,1-3H3. The summed E-state index contributed by atoms with van der Waals surface area (Å²) in [5, 5.41) is 0.967. The van der Waals surface area contributed by atoms with E-state index in [1.54, 1.807) is 13.3 Å². The van der Waals surface area contributed by atoms with Crippen molar-refractivity contribution in [1.82, 2.24) is 9.97 Å². The minimum absolute atomic E-state index is 0.0873. The normalized spacial score (nSPS) is 10.9. The van der Waals surface area contributed by atoms with Crippen LogP contribution in [0.3, 0.4) is 0 Å². The third-order valence-corrected chi connectivity index (χ3v) is 3.27. The molecule has 1 aromatic carbocycles. The highest BCUT2D eigenvalue weighted by molar-refractivity contribution is 5.88. The molecular weight excluding hydrogens is 276 g/mol. The molecule has 0 N–H and O–H groups in total. The molecule has 4 nitrogen and oxygen atoms in total. The summed E-state index contributed by atoms with van der Waals surface area (Å²) < 4.78 is 11.2. The zero-order valence-electron chi connectivity index (χ0n) is 12.9. The van der Waals surface area contributed by atoms with Gasteiger partial charge in [0.05, 0.1) is 30.1 Å². The predicted molar refractivity (Wildman–Crippen MR) is 87.3 cm³/mol. The molecule has 0 unspecified atom stereocenters. The van der Waals surface area contributed by atoms with E-state index in [4.69, 9.17) is 14.5 Å². The maximum atomic E-state index is 5.95. The molecule has 4 heteroatoms. The van der Waals surface area contributed by atoms with Gasteiger partial charge in [-0.1, -0.05) is 6.07 Å². The fourth-order valence-electron chi connectivity index (χ4n) is 2.30. The molecule has 0 aliphatic carbocycles. The van der Waals surface area contributed by atoms with Crippen LogP contribution in [-0.4, -0.2) is 23.2 Å². The zero-order chi connectivity index (χ0) is 15.5. The minimum Gasteiger partial charge on any atom is -0.497 e. The molecule has 0 atom stereocenters. The average Bonchev–Trinajstić information content (AvgIpc) is 2.54. The van der Waals surface area contributed by atoms with Gasteiger partial charge in [-0.2, -0.15) is 0 Å². The number of rotatable bonds is 4. The Morgan fingerprint density at radius 2 is 1.86 bits per heavy atom. The van der Waals surface area contributed by atoms with Gasteiger partial charge in [0.15, 0.2) is 0 Å². The fraction of sp³-hybridized carbons (Fsp3) is 0.222. The molecule has 0 fully saturated rings. The van der Waals surface area contributed by atoms with Gasteiger partial charge >= 0.3 is 0 Å². The van der Waals surface area contributed by atoms with Crippen molar-refractivity contribution in [2.75, 3.05) is 7.11 Å². The van der Waals surface area contributed by atoms with E-state index < -0.39 is 0 Å². The summed E-state index contributed by atoms with van der Waals surface area (Å²) in [6.45, 7) is 4.02. The van der Waals surface area contributed by atoms with Crippen molar-refractivity contribution >= 4 is 10.9 Å². The van der Waals surface area contributed by atoms with Crippen LogP contribution in [0, 0.1) is 0 Å². The van der Waals surface area contributed by atoms with Crippen molar-refractivity contribution in [3.8, 4) is 22.9 Å². The SMILES string of the molecule is COc1ccc2c(OC(C)C)cc(-c3ccccn3)nc2c1. The molecule has 112 valence electrons. The van der Waals surface area contributed by atoms with Crippen molar-refractivity contribution in [3.63, 3.8) is 0 Å². The number of pyridine rings is 2. The first kappa shape index (κ1) is 14.3. The second kappa shape index (κ2) is 6.02. The molecule has 3 rings (SSSR count). The molecule has 0 saturated carbocycles. The van der Waals surface area contributed by atoms with Gasteiger partial charge in [0, 0.05) is 23.7 Å². The third kappa shape index (κ3) is 2.86. The first-order chi connectivity index (χ1) is 10.7. The summed E-state index contributed by atoms with van der Waals surface area (Å²) in [7, 11) is 1.65. The summed E-state index contributed by atoms with van der Waals surface area (Å²) >= 11 is 0. The molecule has 22 heavy (non-hydrogen) atoms. The zero-order valence-corrected chi connectivity index (χ0v) is 12.9. The second-order valence-corrected chi connectivity index (χ2v) is 5.27. The molecule has 0 aliphatic heterocycles. The number of aromatic nitrogens is 2. The minimum atomic E-state index is 0.0873. The average molecular weight is 294 g/mol. The second-order valence-electron chi connectivity index (χ2n) is 5.27. The van der Waals surface area contributed by atoms with Gasteiger partial charge in [-0.15, -0.1) is 0 Å². The van der Waals surface area contributed by atoms with Crippen LogP contribution in [0.2, 0.25) is 0 Å². The number of nitrogens with zero attached hydrogens (tertiary/aromatic N) is 2. The van der Waals surface area contributed by atoms with E-state index in [2.05, 4.69) is 4.98 Å². The molecule has 0 radical (unpaired) electrons. The molecule has 0 aliphatic rings. The van der Waals surface area contributed by atoms with E-state index in [1.165, 1.54) is 0 Å². The summed E-state index contributed by atoms with van der Waals surface area (Å²) in [4.78, 5) is 9.07. The lowest BCUT2D eigenvalue weighted by Crippen LogP contribution is -2.06. The molecule has 0 spiro atoms. The summed E-state index contributed by atoms with van der Waals surface area (Å²) in [5.74, 6) is 1.58. The van der Waals surface area contributed by atoms with Crippen molar-refractivity contribution in [2.24, 2.45) is 0 Å². The Hall–Kier alpha value is -2.62. The molecule has 0 amide bonds. The number of fused-ring (bicyclic) bond motifs is 1. The van der Waals surface area contributed by atoms with Crippen LogP contribution in [0.25, 0.3) is 22.3 Å². The van der Waals surface area contributed by atoms with Gasteiger partial charge in [0.1, 0.15) is 11.5 Å². The van der Waals surface area contributed by atoms with E-state index in [-0.39, 0.29) is 6.10 Å². The lowest BCUT2D eigenvalue weighted by Gasteiger charge is -2.14. The fourth-order valence-corrected chi connectivity index (χ4v) is 2.30. The van der Waals surface area contributed by atoms with E-state index in [0.717, 1.165) is 33.8 Å². The Labute approximate surface area is 129 Å². The van der Waals surface area contributed by atoms with Crippen LogP contribution in [0.5, 0.6) is 11.5 Å². The van der Waals surface area contributed by atoms with Crippen molar-refractivity contribution in [1.29, 1.82) is 0 Å². The monoisotopic (exact) mass is 294 g/mol. The van der Waals surface area contributed by atoms with Crippen LogP contribution < -0.4 is 9.47 Å². The van der Waals surface area contributed by atoms with Gasteiger partial charge in [0.25, 0.3) is 0 Å². The van der Waals surface area contributed by atoms with Crippen LogP contribution >= 0.6 is 0 Å². The molecule has 0 bridgehead atoms.